The van der Waals surface area contributed by atoms with Gasteiger partial charge in [0.15, 0.2) is 5.78 Å². The largest absolute Gasteiger partial charge is 0.294 e. The molecule has 1 fully saturated rings. The predicted molar refractivity (Wildman–Crippen MR) is 77.9 cm³/mol. The third kappa shape index (κ3) is 1.20. The molecular formula is C16H22OSi. The molecule has 1 nitrogen and oxygen atoms in total. The first-order chi connectivity index (χ1) is 8.33. The van der Waals surface area contributed by atoms with Crippen LogP contribution in [0.3, 0.4) is 0 Å². The molecule has 2 aliphatic rings. The summed E-state index contributed by atoms with van der Waals surface area (Å²) in [4.78, 5) is 12.9. The van der Waals surface area contributed by atoms with Gasteiger partial charge in [0.05, 0.1) is 0 Å². The lowest BCUT2D eigenvalue weighted by molar-refractivity contribution is 0.0868. The number of rotatable bonds is 2. The van der Waals surface area contributed by atoms with Crippen molar-refractivity contribution in [3.05, 3.63) is 35.4 Å². The fourth-order valence-corrected chi connectivity index (χ4v) is 7.97. The van der Waals surface area contributed by atoms with Crippen molar-refractivity contribution in [3.63, 3.8) is 0 Å². The number of benzene rings is 1. The highest BCUT2D eigenvalue weighted by Gasteiger charge is 2.77. The summed E-state index contributed by atoms with van der Waals surface area (Å²) >= 11 is 0. The maximum atomic E-state index is 12.9. The van der Waals surface area contributed by atoms with Crippen LogP contribution in [0.2, 0.25) is 25.2 Å². The summed E-state index contributed by atoms with van der Waals surface area (Å²) in [5, 5.41) is 0. The first kappa shape index (κ1) is 12.2. The summed E-state index contributed by atoms with van der Waals surface area (Å²) in [5.41, 5.74) is 2.94. The molecule has 1 aromatic rings. The molecule has 3 atom stereocenters. The van der Waals surface area contributed by atoms with E-state index >= 15 is 0 Å². The van der Waals surface area contributed by atoms with E-state index in [1.165, 1.54) is 5.56 Å². The number of Topliss-reactive ketones (excluding diaryl/α,β-unsaturated/α-hetero) is 1. The number of hydrogen-bond acceptors (Lipinski definition) is 1. The molecule has 96 valence electrons. The van der Waals surface area contributed by atoms with Gasteiger partial charge in [-0.1, -0.05) is 57.8 Å². The molecule has 0 spiro atoms. The minimum atomic E-state index is -1.29. The van der Waals surface area contributed by atoms with Crippen molar-refractivity contribution < 1.29 is 4.79 Å². The van der Waals surface area contributed by atoms with Gasteiger partial charge < -0.3 is 0 Å². The second-order valence-electron chi connectivity index (χ2n) is 7.33. The van der Waals surface area contributed by atoms with Crippen molar-refractivity contribution in [1.29, 1.82) is 0 Å². The molecule has 0 N–H and O–H groups in total. The van der Waals surface area contributed by atoms with Crippen LogP contribution in [0.5, 0.6) is 0 Å². The van der Waals surface area contributed by atoms with Gasteiger partial charge in [-0.2, -0.15) is 0 Å². The average Bonchev–Trinajstić information content (AvgIpc) is 2.93. The molecule has 18 heavy (non-hydrogen) atoms. The Morgan fingerprint density at radius 1 is 1.17 bits per heavy atom. The summed E-state index contributed by atoms with van der Waals surface area (Å²) in [6.07, 6.45) is 0. The van der Waals surface area contributed by atoms with Crippen LogP contribution in [0.25, 0.3) is 0 Å². The van der Waals surface area contributed by atoms with Crippen LogP contribution < -0.4 is 0 Å². The van der Waals surface area contributed by atoms with Crippen LogP contribution in [-0.4, -0.2) is 13.9 Å². The second kappa shape index (κ2) is 3.35. The van der Waals surface area contributed by atoms with Gasteiger partial charge in [-0.3, -0.25) is 4.79 Å². The Morgan fingerprint density at radius 2 is 1.78 bits per heavy atom. The Kier molecular flexibility index (Phi) is 2.26. The molecule has 0 aromatic heterocycles. The zero-order valence-electron chi connectivity index (χ0n) is 11.9. The molecule has 0 aliphatic heterocycles. The van der Waals surface area contributed by atoms with Gasteiger partial charge in [0.2, 0.25) is 0 Å². The third-order valence-electron chi connectivity index (χ3n) is 5.08. The second-order valence-corrected chi connectivity index (χ2v) is 12.7. The average molecular weight is 258 g/mol. The zero-order chi connectivity index (χ0) is 13.3. The van der Waals surface area contributed by atoms with Crippen molar-refractivity contribution in [2.24, 2.45) is 11.3 Å². The van der Waals surface area contributed by atoms with Crippen LogP contribution in [0.1, 0.15) is 35.7 Å². The highest BCUT2D eigenvalue weighted by Crippen LogP contribution is 2.80. The van der Waals surface area contributed by atoms with E-state index in [2.05, 4.69) is 45.6 Å². The molecule has 3 rings (SSSR count). The molecule has 0 heterocycles. The van der Waals surface area contributed by atoms with Gasteiger partial charge in [-0.15, -0.1) is 0 Å². The maximum absolute atomic E-state index is 12.9. The first-order valence-electron chi connectivity index (χ1n) is 6.96. The van der Waals surface area contributed by atoms with E-state index in [1.54, 1.807) is 0 Å². The molecular weight excluding hydrogens is 236 g/mol. The first-order valence-corrected chi connectivity index (χ1v) is 10.5. The molecule has 1 aromatic carbocycles. The molecule has 1 unspecified atom stereocenters. The van der Waals surface area contributed by atoms with E-state index < -0.39 is 8.07 Å². The van der Waals surface area contributed by atoms with E-state index in [1.807, 2.05) is 12.1 Å². The number of ketones is 1. The fourth-order valence-electron chi connectivity index (χ4n) is 4.53. The Morgan fingerprint density at radius 3 is 2.33 bits per heavy atom. The summed E-state index contributed by atoms with van der Waals surface area (Å²) in [5.74, 6) is 1.41. The van der Waals surface area contributed by atoms with Crippen molar-refractivity contribution in [2.75, 3.05) is 0 Å². The van der Waals surface area contributed by atoms with E-state index in [4.69, 9.17) is 0 Å². The van der Waals surface area contributed by atoms with Gasteiger partial charge in [-0.25, -0.2) is 0 Å². The van der Waals surface area contributed by atoms with Crippen LogP contribution in [0.15, 0.2) is 24.3 Å². The van der Waals surface area contributed by atoms with E-state index in [-0.39, 0.29) is 5.41 Å². The molecule has 0 radical (unpaired) electrons. The number of fused-ring (bicyclic) bond motifs is 3. The number of carbonyl (C=O) groups excluding carboxylic acids is 1. The van der Waals surface area contributed by atoms with Crippen molar-refractivity contribution >= 4 is 13.9 Å². The van der Waals surface area contributed by atoms with Gasteiger partial charge in [0, 0.05) is 19.1 Å². The number of hydrogen-bond donors (Lipinski definition) is 0. The van der Waals surface area contributed by atoms with Gasteiger partial charge in [0.25, 0.3) is 0 Å². The van der Waals surface area contributed by atoms with Gasteiger partial charge in [0.1, 0.15) is 0 Å². The van der Waals surface area contributed by atoms with Crippen molar-refractivity contribution in [2.45, 2.75) is 44.9 Å². The highest BCUT2D eigenvalue weighted by atomic mass is 28.3. The summed E-state index contributed by atoms with van der Waals surface area (Å²) in [6, 6.07) is 8.29. The van der Waals surface area contributed by atoms with Crippen LogP contribution >= 0.6 is 0 Å². The van der Waals surface area contributed by atoms with Crippen molar-refractivity contribution in [3.8, 4) is 0 Å². The normalized spacial score (nSPS) is 33.6. The Labute approximate surface area is 111 Å². The molecule has 1 saturated carbocycles. The summed E-state index contributed by atoms with van der Waals surface area (Å²) in [6.45, 7) is 11.7. The summed E-state index contributed by atoms with van der Waals surface area (Å²) < 4.78 is 0. The molecule has 2 aliphatic carbocycles. The van der Waals surface area contributed by atoms with E-state index in [0.29, 0.717) is 23.2 Å². The quantitative estimate of drug-likeness (QED) is 0.722. The molecule has 0 bridgehead atoms. The Balaban J connectivity index is 2.17. The topological polar surface area (TPSA) is 17.1 Å². The monoisotopic (exact) mass is 258 g/mol. The molecule has 0 saturated heterocycles. The van der Waals surface area contributed by atoms with E-state index in [0.717, 1.165) is 5.56 Å². The Hall–Kier alpha value is -0.893. The number of carbonyl (C=O) groups is 1. The third-order valence-corrected chi connectivity index (χ3v) is 7.75. The fraction of sp³-hybridized carbons (Fsp3) is 0.562. The SMILES string of the molecule is CC(C)[C@@]12C(=O)c3ccccc3C1[C@H]2[Si](C)(C)C. The van der Waals surface area contributed by atoms with Crippen LogP contribution in [0.4, 0.5) is 0 Å². The smallest absolute Gasteiger partial charge is 0.170 e. The Bertz CT molecular complexity index is 526. The molecule has 2 heteroatoms. The highest BCUT2D eigenvalue weighted by molar-refractivity contribution is 6.79. The lowest BCUT2D eigenvalue weighted by Gasteiger charge is -2.25. The van der Waals surface area contributed by atoms with Crippen LogP contribution in [0, 0.1) is 11.3 Å². The molecule has 0 amide bonds. The summed E-state index contributed by atoms with van der Waals surface area (Å²) in [7, 11) is -1.29. The predicted octanol–water partition coefficient (Wildman–Crippen LogP) is 4.33. The van der Waals surface area contributed by atoms with Gasteiger partial charge >= 0.3 is 0 Å². The zero-order valence-corrected chi connectivity index (χ0v) is 12.9. The minimum Gasteiger partial charge on any atom is -0.294 e. The van der Waals surface area contributed by atoms with Gasteiger partial charge in [-0.05, 0) is 22.9 Å². The van der Waals surface area contributed by atoms with Crippen molar-refractivity contribution in [1.82, 2.24) is 0 Å². The lowest BCUT2D eigenvalue weighted by Crippen LogP contribution is -2.31. The van der Waals surface area contributed by atoms with E-state index in [9.17, 15) is 4.79 Å². The minimum absolute atomic E-state index is 0.0475. The maximum Gasteiger partial charge on any atom is 0.170 e. The standard InChI is InChI=1S/C16H22OSi/c1-10(2)16-13(15(16)18(3,4)5)11-8-6-7-9-12(11)14(16)17/h6-10,13,15H,1-5H3/t13?,15-,16+/m1/s1. The lowest BCUT2D eigenvalue weighted by atomic mass is 9.87. The van der Waals surface area contributed by atoms with Crippen LogP contribution in [-0.2, 0) is 0 Å².